The number of esters is 1. The summed E-state index contributed by atoms with van der Waals surface area (Å²) in [7, 11) is 0. The molecule has 1 aromatic carbocycles. The largest absolute Gasteiger partial charge is 0.454 e. The van der Waals surface area contributed by atoms with E-state index in [9.17, 15) is 9.59 Å². The molecule has 0 saturated heterocycles. The van der Waals surface area contributed by atoms with E-state index in [0.29, 0.717) is 23.6 Å². The zero-order chi connectivity index (χ0) is 13.8. The van der Waals surface area contributed by atoms with Crippen molar-refractivity contribution in [2.24, 2.45) is 0 Å². The van der Waals surface area contributed by atoms with Crippen molar-refractivity contribution in [1.29, 1.82) is 0 Å². The molecular weight excluding hydrogens is 250 g/mol. The summed E-state index contributed by atoms with van der Waals surface area (Å²) in [5, 5.41) is 2.58. The monoisotopic (exact) mass is 265 g/mol. The van der Waals surface area contributed by atoms with Crippen molar-refractivity contribution < 1.29 is 23.8 Å². The summed E-state index contributed by atoms with van der Waals surface area (Å²) in [6.45, 7) is 3.95. The summed E-state index contributed by atoms with van der Waals surface area (Å²) in [6, 6.07) is 4.74. The molecule has 1 heterocycles. The van der Waals surface area contributed by atoms with E-state index in [1.807, 2.05) is 0 Å². The number of hydrogen-bond donors (Lipinski definition) is 1. The molecule has 0 bridgehead atoms. The van der Waals surface area contributed by atoms with Crippen LogP contribution in [0.15, 0.2) is 18.2 Å². The van der Waals surface area contributed by atoms with Gasteiger partial charge in [0, 0.05) is 6.54 Å². The van der Waals surface area contributed by atoms with Crippen molar-refractivity contribution in [2.45, 2.75) is 20.0 Å². The third-order valence-electron chi connectivity index (χ3n) is 2.61. The fraction of sp³-hybridized carbons (Fsp3) is 0.385. The van der Waals surface area contributed by atoms with Gasteiger partial charge in [-0.1, -0.05) is 0 Å². The SMILES string of the molecule is CCNC(=O)[C@H](C)OC(=O)c1ccc2c(c1)OCO2. The van der Waals surface area contributed by atoms with Gasteiger partial charge in [-0.2, -0.15) is 0 Å². The molecule has 2 rings (SSSR count). The molecule has 6 heteroatoms. The van der Waals surface area contributed by atoms with Gasteiger partial charge in [0.05, 0.1) is 5.56 Å². The van der Waals surface area contributed by atoms with Crippen LogP contribution in [0.25, 0.3) is 0 Å². The molecule has 0 saturated carbocycles. The first kappa shape index (κ1) is 13.2. The molecular formula is C13H15NO5. The maximum atomic E-state index is 11.9. The van der Waals surface area contributed by atoms with Crippen LogP contribution >= 0.6 is 0 Å². The second-order valence-electron chi connectivity index (χ2n) is 4.01. The van der Waals surface area contributed by atoms with Crippen molar-refractivity contribution in [3.8, 4) is 11.5 Å². The van der Waals surface area contributed by atoms with Gasteiger partial charge in [0.15, 0.2) is 17.6 Å². The Kier molecular flexibility index (Phi) is 3.89. The molecule has 0 aromatic heterocycles. The van der Waals surface area contributed by atoms with Crippen LogP contribution in [0, 0.1) is 0 Å². The van der Waals surface area contributed by atoms with Gasteiger partial charge in [-0.05, 0) is 32.0 Å². The van der Waals surface area contributed by atoms with E-state index in [2.05, 4.69) is 5.32 Å². The minimum Gasteiger partial charge on any atom is -0.454 e. The average molecular weight is 265 g/mol. The lowest BCUT2D eigenvalue weighted by Crippen LogP contribution is -2.35. The van der Waals surface area contributed by atoms with Gasteiger partial charge < -0.3 is 19.5 Å². The fourth-order valence-electron chi connectivity index (χ4n) is 1.62. The van der Waals surface area contributed by atoms with Crippen molar-refractivity contribution in [1.82, 2.24) is 5.32 Å². The zero-order valence-electron chi connectivity index (χ0n) is 10.8. The number of nitrogens with one attached hydrogen (secondary N) is 1. The molecule has 1 aliphatic rings. The van der Waals surface area contributed by atoms with Crippen LogP contribution in [0.2, 0.25) is 0 Å². The second-order valence-corrected chi connectivity index (χ2v) is 4.01. The Bertz CT molecular complexity index is 500. The van der Waals surface area contributed by atoms with Crippen LogP contribution in [0.3, 0.4) is 0 Å². The summed E-state index contributed by atoms with van der Waals surface area (Å²) in [6.07, 6.45) is -0.835. The summed E-state index contributed by atoms with van der Waals surface area (Å²) in [4.78, 5) is 23.3. The lowest BCUT2D eigenvalue weighted by Gasteiger charge is -2.12. The molecule has 0 spiro atoms. The van der Waals surface area contributed by atoms with E-state index in [1.54, 1.807) is 19.1 Å². The lowest BCUT2D eigenvalue weighted by atomic mass is 10.2. The fourth-order valence-corrected chi connectivity index (χ4v) is 1.62. The number of benzene rings is 1. The third kappa shape index (κ3) is 2.96. The third-order valence-corrected chi connectivity index (χ3v) is 2.61. The number of likely N-dealkylation sites (N-methyl/N-ethyl adjacent to an activating group) is 1. The van der Waals surface area contributed by atoms with Gasteiger partial charge in [0.1, 0.15) is 0 Å². The summed E-state index contributed by atoms with van der Waals surface area (Å²) >= 11 is 0. The molecule has 1 N–H and O–H groups in total. The minimum absolute atomic E-state index is 0.142. The van der Waals surface area contributed by atoms with E-state index in [4.69, 9.17) is 14.2 Å². The predicted octanol–water partition coefficient (Wildman–Crippen LogP) is 1.10. The predicted molar refractivity (Wildman–Crippen MR) is 66.1 cm³/mol. The molecule has 0 radical (unpaired) electrons. The van der Waals surface area contributed by atoms with Gasteiger partial charge in [-0.25, -0.2) is 4.79 Å². The lowest BCUT2D eigenvalue weighted by molar-refractivity contribution is -0.128. The van der Waals surface area contributed by atoms with Gasteiger partial charge in [-0.15, -0.1) is 0 Å². The van der Waals surface area contributed by atoms with Crippen LogP contribution < -0.4 is 14.8 Å². The highest BCUT2D eigenvalue weighted by Gasteiger charge is 2.21. The quantitative estimate of drug-likeness (QED) is 0.825. The van der Waals surface area contributed by atoms with Crippen molar-refractivity contribution in [3.05, 3.63) is 23.8 Å². The minimum atomic E-state index is -0.835. The van der Waals surface area contributed by atoms with E-state index in [1.165, 1.54) is 13.0 Å². The number of ether oxygens (including phenoxy) is 3. The number of fused-ring (bicyclic) bond motifs is 1. The molecule has 1 aliphatic heterocycles. The number of amides is 1. The zero-order valence-corrected chi connectivity index (χ0v) is 10.8. The molecule has 0 aliphatic carbocycles. The standard InChI is InChI=1S/C13H15NO5/c1-3-14-12(15)8(2)19-13(16)9-4-5-10-11(6-9)18-7-17-10/h4-6,8H,3,7H2,1-2H3,(H,14,15)/t8-/m0/s1. The van der Waals surface area contributed by atoms with E-state index >= 15 is 0 Å². The topological polar surface area (TPSA) is 73.9 Å². The second kappa shape index (κ2) is 5.60. The first-order chi connectivity index (χ1) is 9.11. The smallest absolute Gasteiger partial charge is 0.339 e. The van der Waals surface area contributed by atoms with Crippen LogP contribution in [-0.4, -0.2) is 31.3 Å². The molecule has 0 unspecified atom stereocenters. The van der Waals surface area contributed by atoms with Crippen molar-refractivity contribution in [2.75, 3.05) is 13.3 Å². The van der Waals surface area contributed by atoms with Crippen LogP contribution in [0.5, 0.6) is 11.5 Å². The maximum absolute atomic E-state index is 11.9. The van der Waals surface area contributed by atoms with Gasteiger partial charge in [0.25, 0.3) is 5.91 Å². The first-order valence-electron chi connectivity index (χ1n) is 6.00. The Morgan fingerprint density at radius 1 is 1.37 bits per heavy atom. The molecule has 6 nitrogen and oxygen atoms in total. The molecule has 102 valence electrons. The molecule has 19 heavy (non-hydrogen) atoms. The average Bonchev–Trinajstić information content (AvgIpc) is 2.85. The Labute approximate surface area is 110 Å². The van der Waals surface area contributed by atoms with Gasteiger partial charge in [0.2, 0.25) is 6.79 Å². The Balaban J connectivity index is 2.02. The summed E-state index contributed by atoms with van der Waals surface area (Å²) < 4.78 is 15.4. The number of carbonyl (C=O) groups is 2. The van der Waals surface area contributed by atoms with Gasteiger partial charge in [-0.3, -0.25) is 4.79 Å². The van der Waals surface area contributed by atoms with E-state index in [-0.39, 0.29) is 12.7 Å². The highest BCUT2D eigenvalue weighted by Crippen LogP contribution is 2.32. The summed E-state index contributed by atoms with van der Waals surface area (Å²) in [5.41, 5.74) is 0.320. The normalized spacial score (nSPS) is 13.8. The molecule has 1 atom stereocenters. The summed E-state index contributed by atoms with van der Waals surface area (Å²) in [5.74, 6) is 0.196. The maximum Gasteiger partial charge on any atom is 0.339 e. The Morgan fingerprint density at radius 2 is 2.11 bits per heavy atom. The first-order valence-corrected chi connectivity index (χ1v) is 6.00. The highest BCUT2D eigenvalue weighted by molar-refractivity contribution is 5.92. The Hall–Kier alpha value is -2.24. The number of rotatable bonds is 4. The number of hydrogen-bond acceptors (Lipinski definition) is 5. The molecule has 1 aromatic rings. The molecule has 0 fully saturated rings. The van der Waals surface area contributed by atoms with Gasteiger partial charge >= 0.3 is 5.97 Å². The van der Waals surface area contributed by atoms with Crippen LogP contribution in [0.4, 0.5) is 0 Å². The van der Waals surface area contributed by atoms with Crippen molar-refractivity contribution >= 4 is 11.9 Å². The highest BCUT2D eigenvalue weighted by atomic mass is 16.7. The van der Waals surface area contributed by atoms with Crippen LogP contribution in [0.1, 0.15) is 24.2 Å². The van der Waals surface area contributed by atoms with E-state index in [0.717, 1.165) is 0 Å². The van der Waals surface area contributed by atoms with Crippen molar-refractivity contribution in [3.63, 3.8) is 0 Å². The number of carbonyl (C=O) groups excluding carboxylic acids is 2. The molecule has 1 amide bonds. The van der Waals surface area contributed by atoms with E-state index < -0.39 is 12.1 Å². The van der Waals surface area contributed by atoms with Crippen LogP contribution in [-0.2, 0) is 9.53 Å². The Morgan fingerprint density at radius 3 is 2.84 bits per heavy atom.